The Morgan fingerprint density at radius 3 is 3.00 bits per heavy atom. The predicted octanol–water partition coefficient (Wildman–Crippen LogP) is 2.04. The van der Waals surface area contributed by atoms with E-state index in [1.165, 1.54) is 0 Å². The molecule has 3 nitrogen and oxygen atoms in total. The van der Waals surface area contributed by atoms with Gasteiger partial charge in [0.1, 0.15) is 5.76 Å². The van der Waals surface area contributed by atoms with E-state index in [4.69, 9.17) is 10.2 Å². The molecule has 1 rings (SSSR count). The molecule has 0 aromatic carbocycles. The standard InChI is InChI=1S/C11H15BrN2O/c1-2-3-4-6-14-10(8-13)11-9(12)5-7-15-11/h5,7,10,14H,4,6,8,13H2,1H3. The summed E-state index contributed by atoms with van der Waals surface area (Å²) >= 11 is 3.41. The molecule has 0 amide bonds. The normalized spacial score (nSPS) is 11.9. The number of nitrogens with two attached hydrogens (primary N) is 1. The zero-order valence-corrected chi connectivity index (χ0v) is 10.3. The van der Waals surface area contributed by atoms with Crippen LogP contribution >= 0.6 is 15.9 Å². The average Bonchev–Trinajstić information content (AvgIpc) is 2.65. The van der Waals surface area contributed by atoms with E-state index in [-0.39, 0.29) is 6.04 Å². The van der Waals surface area contributed by atoms with E-state index in [1.54, 1.807) is 6.26 Å². The van der Waals surface area contributed by atoms with Crippen molar-refractivity contribution in [3.63, 3.8) is 0 Å². The maximum Gasteiger partial charge on any atom is 0.136 e. The van der Waals surface area contributed by atoms with Crippen LogP contribution < -0.4 is 11.1 Å². The highest BCUT2D eigenvalue weighted by atomic mass is 79.9. The number of nitrogens with one attached hydrogen (secondary N) is 1. The number of halogens is 1. The quantitative estimate of drug-likeness (QED) is 0.636. The summed E-state index contributed by atoms with van der Waals surface area (Å²) in [4.78, 5) is 0. The van der Waals surface area contributed by atoms with Gasteiger partial charge in [0, 0.05) is 19.5 Å². The molecule has 82 valence electrons. The van der Waals surface area contributed by atoms with Gasteiger partial charge in [0.15, 0.2) is 0 Å². The topological polar surface area (TPSA) is 51.2 Å². The average molecular weight is 271 g/mol. The molecule has 3 N–H and O–H groups in total. The molecule has 0 aliphatic rings. The molecule has 0 radical (unpaired) electrons. The molecule has 0 aliphatic heterocycles. The Balaban J connectivity index is 2.48. The lowest BCUT2D eigenvalue weighted by Gasteiger charge is -2.13. The van der Waals surface area contributed by atoms with Crippen LogP contribution in [0.5, 0.6) is 0 Å². The Hall–Kier alpha value is -0.760. The highest BCUT2D eigenvalue weighted by Crippen LogP contribution is 2.23. The molecule has 0 spiro atoms. The van der Waals surface area contributed by atoms with Gasteiger partial charge in [0.25, 0.3) is 0 Å². The fraction of sp³-hybridized carbons (Fsp3) is 0.455. The molecular weight excluding hydrogens is 256 g/mol. The van der Waals surface area contributed by atoms with Crippen LogP contribution in [0.1, 0.15) is 25.1 Å². The van der Waals surface area contributed by atoms with Crippen LogP contribution in [0.2, 0.25) is 0 Å². The molecule has 15 heavy (non-hydrogen) atoms. The maximum atomic E-state index is 5.67. The first-order valence-corrected chi connectivity index (χ1v) is 5.64. The smallest absolute Gasteiger partial charge is 0.136 e. The maximum absolute atomic E-state index is 5.67. The summed E-state index contributed by atoms with van der Waals surface area (Å²) in [7, 11) is 0. The zero-order chi connectivity index (χ0) is 11.1. The van der Waals surface area contributed by atoms with Crippen LogP contribution in [0.3, 0.4) is 0 Å². The molecule has 1 atom stereocenters. The second kappa shape index (κ2) is 6.67. The summed E-state index contributed by atoms with van der Waals surface area (Å²) in [5.74, 6) is 6.69. The molecule has 0 fully saturated rings. The zero-order valence-electron chi connectivity index (χ0n) is 8.72. The Bertz CT molecular complexity index is 351. The molecule has 0 saturated heterocycles. The van der Waals surface area contributed by atoms with Gasteiger partial charge in [-0.2, -0.15) is 0 Å². The van der Waals surface area contributed by atoms with Crippen LogP contribution in [0, 0.1) is 11.8 Å². The Morgan fingerprint density at radius 2 is 2.47 bits per heavy atom. The number of hydrogen-bond acceptors (Lipinski definition) is 3. The van der Waals surface area contributed by atoms with Crippen molar-refractivity contribution in [1.82, 2.24) is 5.32 Å². The molecule has 0 bridgehead atoms. The van der Waals surface area contributed by atoms with Gasteiger partial charge in [-0.3, -0.25) is 0 Å². The fourth-order valence-electron chi connectivity index (χ4n) is 1.27. The Labute approximate surface area is 98.5 Å². The summed E-state index contributed by atoms with van der Waals surface area (Å²) in [6.07, 6.45) is 2.47. The number of furan rings is 1. The summed E-state index contributed by atoms with van der Waals surface area (Å²) in [5, 5.41) is 3.30. The van der Waals surface area contributed by atoms with Gasteiger partial charge in [-0.1, -0.05) is 0 Å². The van der Waals surface area contributed by atoms with Gasteiger partial charge in [-0.05, 0) is 28.9 Å². The van der Waals surface area contributed by atoms with E-state index in [9.17, 15) is 0 Å². The van der Waals surface area contributed by atoms with E-state index >= 15 is 0 Å². The van der Waals surface area contributed by atoms with Gasteiger partial charge < -0.3 is 15.5 Å². The Kier molecular flexibility index (Phi) is 5.48. The monoisotopic (exact) mass is 270 g/mol. The van der Waals surface area contributed by atoms with Crippen molar-refractivity contribution in [2.45, 2.75) is 19.4 Å². The molecule has 1 aromatic heterocycles. The first kappa shape index (κ1) is 12.3. The molecule has 1 unspecified atom stereocenters. The molecule has 1 aromatic rings. The first-order chi connectivity index (χ1) is 7.29. The third kappa shape index (κ3) is 3.71. The van der Waals surface area contributed by atoms with Crippen LogP contribution in [0.25, 0.3) is 0 Å². The largest absolute Gasteiger partial charge is 0.466 e. The molecular formula is C11H15BrN2O. The van der Waals surface area contributed by atoms with E-state index in [1.807, 2.05) is 13.0 Å². The van der Waals surface area contributed by atoms with Gasteiger partial charge in [0.05, 0.1) is 16.8 Å². The lowest BCUT2D eigenvalue weighted by atomic mass is 10.2. The number of hydrogen-bond donors (Lipinski definition) is 2. The lowest BCUT2D eigenvalue weighted by Crippen LogP contribution is -2.28. The second-order valence-corrected chi connectivity index (χ2v) is 3.91. The summed E-state index contributed by atoms with van der Waals surface area (Å²) < 4.78 is 6.30. The summed E-state index contributed by atoms with van der Waals surface area (Å²) in [5.41, 5.74) is 5.67. The highest BCUT2D eigenvalue weighted by Gasteiger charge is 2.14. The van der Waals surface area contributed by atoms with E-state index in [2.05, 4.69) is 33.1 Å². The summed E-state index contributed by atoms with van der Waals surface area (Å²) in [6.45, 7) is 3.16. The van der Waals surface area contributed by atoms with Crippen LogP contribution in [-0.4, -0.2) is 13.1 Å². The molecule has 0 saturated carbocycles. The van der Waals surface area contributed by atoms with E-state index in [0.717, 1.165) is 23.2 Å². The van der Waals surface area contributed by atoms with Crippen molar-refractivity contribution >= 4 is 15.9 Å². The van der Waals surface area contributed by atoms with Crippen LogP contribution in [-0.2, 0) is 0 Å². The van der Waals surface area contributed by atoms with E-state index < -0.39 is 0 Å². The van der Waals surface area contributed by atoms with Crippen molar-refractivity contribution in [3.8, 4) is 11.8 Å². The van der Waals surface area contributed by atoms with Crippen molar-refractivity contribution in [3.05, 3.63) is 22.6 Å². The summed E-state index contributed by atoms with van der Waals surface area (Å²) in [6, 6.07) is 1.92. The SMILES string of the molecule is CC#CCCNC(CN)c1occc1Br. The van der Waals surface area contributed by atoms with Crippen molar-refractivity contribution in [1.29, 1.82) is 0 Å². The van der Waals surface area contributed by atoms with Gasteiger partial charge >= 0.3 is 0 Å². The van der Waals surface area contributed by atoms with Crippen LogP contribution in [0.4, 0.5) is 0 Å². The van der Waals surface area contributed by atoms with Gasteiger partial charge in [0.2, 0.25) is 0 Å². The third-order valence-corrected chi connectivity index (χ3v) is 2.67. The van der Waals surface area contributed by atoms with E-state index in [0.29, 0.717) is 6.54 Å². The van der Waals surface area contributed by atoms with Crippen LogP contribution in [0.15, 0.2) is 21.2 Å². The number of rotatable bonds is 5. The minimum Gasteiger partial charge on any atom is -0.466 e. The molecule has 4 heteroatoms. The highest BCUT2D eigenvalue weighted by molar-refractivity contribution is 9.10. The van der Waals surface area contributed by atoms with Gasteiger partial charge in [-0.25, -0.2) is 0 Å². The van der Waals surface area contributed by atoms with Crippen molar-refractivity contribution < 1.29 is 4.42 Å². The fourth-order valence-corrected chi connectivity index (χ4v) is 1.75. The Morgan fingerprint density at radius 1 is 1.67 bits per heavy atom. The van der Waals surface area contributed by atoms with Gasteiger partial charge in [-0.15, -0.1) is 11.8 Å². The minimum absolute atomic E-state index is 0.0491. The predicted molar refractivity (Wildman–Crippen MR) is 64.3 cm³/mol. The second-order valence-electron chi connectivity index (χ2n) is 3.05. The van der Waals surface area contributed by atoms with Crippen molar-refractivity contribution in [2.24, 2.45) is 5.73 Å². The molecule has 0 aliphatic carbocycles. The molecule has 1 heterocycles. The van der Waals surface area contributed by atoms with Crippen molar-refractivity contribution in [2.75, 3.05) is 13.1 Å². The first-order valence-electron chi connectivity index (χ1n) is 4.85. The lowest BCUT2D eigenvalue weighted by molar-refractivity contribution is 0.418. The minimum atomic E-state index is 0.0491. The third-order valence-electron chi connectivity index (χ3n) is 2.01.